The fraction of sp³-hybridized carbons (Fsp3) is 0.235. The number of thiazole rings is 1. The minimum absolute atomic E-state index is 0.227. The van der Waals surface area contributed by atoms with E-state index >= 15 is 0 Å². The van der Waals surface area contributed by atoms with Crippen LogP contribution in [0.3, 0.4) is 0 Å². The number of hydrogen-bond donors (Lipinski definition) is 3. The maximum Gasteiger partial charge on any atom is 0.241 e. The molecule has 1 atom stereocenters. The van der Waals surface area contributed by atoms with Crippen molar-refractivity contribution in [2.75, 3.05) is 0 Å². The van der Waals surface area contributed by atoms with Crippen molar-refractivity contribution >= 4 is 17.2 Å². The standard InChI is InChI=1S/C17H19N5OS/c1-10-14(11(2)22-21-10)15(18)17(23)19-8-13-16(20-9-24-13)12-6-4-3-5-7-12/h3-7,9,15H,8,18H2,1-2H3,(H,19,23)(H,21,22). The zero-order valence-electron chi connectivity index (χ0n) is 13.5. The summed E-state index contributed by atoms with van der Waals surface area (Å²) >= 11 is 1.52. The molecule has 0 aliphatic rings. The van der Waals surface area contributed by atoms with Crippen LogP contribution in [0.4, 0.5) is 0 Å². The zero-order chi connectivity index (χ0) is 17.1. The highest BCUT2D eigenvalue weighted by molar-refractivity contribution is 7.10. The molecule has 0 aliphatic carbocycles. The summed E-state index contributed by atoms with van der Waals surface area (Å²) in [7, 11) is 0. The molecule has 2 heterocycles. The molecule has 1 amide bonds. The second-order valence-corrected chi connectivity index (χ2v) is 6.47. The van der Waals surface area contributed by atoms with Crippen LogP contribution < -0.4 is 11.1 Å². The van der Waals surface area contributed by atoms with Crippen molar-refractivity contribution in [3.63, 3.8) is 0 Å². The number of nitrogens with one attached hydrogen (secondary N) is 2. The number of H-pyrrole nitrogens is 1. The van der Waals surface area contributed by atoms with E-state index in [1.807, 2.05) is 44.2 Å². The third-order valence-corrected chi connectivity index (χ3v) is 4.72. The smallest absolute Gasteiger partial charge is 0.241 e. The summed E-state index contributed by atoms with van der Waals surface area (Å²) in [6.45, 7) is 4.10. The molecule has 0 saturated heterocycles. The van der Waals surface area contributed by atoms with Crippen LogP contribution in [0.15, 0.2) is 35.8 Å². The van der Waals surface area contributed by atoms with Crippen LogP contribution in [-0.4, -0.2) is 21.1 Å². The van der Waals surface area contributed by atoms with Crippen molar-refractivity contribution in [2.45, 2.75) is 26.4 Å². The number of nitrogens with zero attached hydrogens (tertiary/aromatic N) is 2. The summed E-state index contributed by atoms with van der Waals surface area (Å²) in [4.78, 5) is 17.8. The van der Waals surface area contributed by atoms with Crippen LogP contribution in [-0.2, 0) is 11.3 Å². The SMILES string of the molecule is Cc1n[nH]c(C)c1C(N)C(=O)NCc1scnc1-c1ccccc1. The van der Waals surface area contributed by atoms with Gasteiger partial charge >= 0.3 is 0 Å². The van der Waals surface area contributed by atoms with Crippen LogP contribution in [0.1, 0.15) is 27.9 Å². The van der Waals surface area contributed by atoms with Crippen LogP contribution in [0, 0.1) is 13.8 Å². The van der Waals surface area contributed by atoms with E-state index < -0.39 is 6.04 Å². The maximum atomic E-state index is 12.4. The van der Waals surface area contributed by atoms with E-state index in [2.05, 4.69) is 20.5 Å². The Morgan fingerprint density at radius 2 is 2.08 bits per heavy atom. The molecule has 24 heavy (non-hydrogen) atoms. The Morgan fingerprint density at radius 3 is 2.75 bits per heavy atom. The lowest BCUT2D eigenvalue weighted by Gasteiger charge is -2.13. The monoisotopic (exact) mass is 341 g/mol. The Hall–Kier alpha value is -2.51. The Kier molecular flexibility index (Phi) is 4.73. The second kappa shape index (κ2) is 6.94. The van der Waals surface area contributed by atoms with Crippen molar-refractivity contribution in [1.29, 1.82) is 0 Å². The molecule has 4 N–H and O–H groups in total. The van der Waals surface area contributed by atoms with Gasteiger partial charge in [0, 0.05) is 16.8 Å². The average molecular weight is 341 g/mol. The number of aryl methyl sites for hydroxylation is 2. The molecule has 1 unspecified atom stereocenters. The lowest BCUT2D eigenvalue weighted by molar-refractivity contribution is -0.122. The van der Waals surface area contributed by atoms with Gasteiger partial charge in [-0.05, 0) is 13.8 Å². The van der Waals surface area contributed by atoms with Gasteiger partial charge in [-0.25, -0.2) is 4.98 Å². The number of hydrogen-bond acceptors (Lipinski definition) is 5. The highest BCUT2D eigenvalue weighted by Crippen LogP contribution is 2.25. The number of amides is 1. The van der Waals surface area contributed by atoms with Gasteiger partial charge in [0.15, 0.2) is 0 Å². The summed E-state index contributed by atoms with van der Waals surface area (Å²) < 4.78 is 0. The molecule has 0 spiro atoms. The van der Waals surface area contributed by atoms with E-state index in [1.54, 1.807) is 5.51 Å². The predicted molar refractivity (Wildman–Crippen MR) is 94.4 cm³/mol. The molecule has 0 aliphatic heterocycles. The summed E-state index contributed by atoms with van der Waals surface area (Å²) in [5, 5.41) is 9.85. The molecule has 7 heteroatoms. The van der Waals surface area contributed by atoms with Crippen molar-refractivity contribution in [3.05, 3.63) is 57.7 Å². The van der Waals surface area contributed by atoms with E-state index in [1.165, 1.54) is 11.3 Å². The second-order valence-electron chi connectivity index (χ2n) is 5.53. The highest BCUT2D eigenvalue weighted by atomic mass is 32.1. The van der Waals surface area contributed by atoms with Crippen molar-refractivity contribution in [1.82, 2.24) is 20.5 Å². The predicted octanol–water partition coefficient (Wildman–Crippen LogP) is 2.47. The van der Waals surface area contributed by atoms with Crippen molar-refractivity contribution < 1.29 is 4.79 Å². The first-order valence-corrected chi connectivity index (χ1v) is 8.48. The molecule has 0 saturated carbocycles. The third kappa shape index (κ3) is 3.22. The van der Waals surface area contributed by atoms with Crippen LogP contribution in [0.5, 0.6) is 0 Å². The lowest BCUT2D eigenvalue weighted by Crippen LogP contribution is -2.34. The first kappa shape index (κ1) is 16.4. The summed E-state index contributed by atoms with van der Waals surface area (Å²) in [6.07, 6.45) is 0. The number of aromatic amines is 1. The quantitative estimate of drug-likeness (QED) is 0.664. The van der Waals surface area contributed by atoms with Gasteiger partial charge in [-0.2, -0.15) is 5.10 Å². The normalized spacial score (nSPS) is 12.1. The molecular formula is C17H19N5OS. The molecule has 1 aromatic carbocycles. The van der Waals surface area contributed by atoms with Gasteiger partial charge in [0.05, 0.1) is 28.3 Å². The Morgan fingerprint density at radius 1 is 1.33 bits per heavy atom. The molecule has 124 valence electrons. The van der Waals surface area contributed by atoms with Crippen molar-refractivity contribution in [2.24, 2.45) is 5.73 Å². The summed E-state index contributed by atoms with van der Waals surface area (Å²) in [5.41, 5.74) is 12.1. The average Bonchev–Trinajstić information content (AvgIpc) is 3.19. The Labute approximate surface area is 144 Å². The van der Waals surface area contributed by atoms with E-state index in [4.69, 9.17) is 5.73 Å². The number of carbonyl (C=O) groups excluding carboxylic acids is 1. The molecule has 3 aromatic rings. The molecular weight excluding hydrogens is 322 g/mol. The summed E-state index contributed by atoms with van der Waals surface area (Å²) in [5.74, 6) is -0.227. The molecule has 0 bridgehead atoms. The topological polar surface area (TPSA) is 96.7 Å². The number of benzene rings is 1. The number of nitrogens with two attached hydrogens (primary N) is 1. The van der Waals surface area contributed by atoms with Gasteiger partial charge in [-0.3, -0.25) is 9.89 Å². The van der Waals surface area contributed by atoms with Gasteiger partial charge in [0.2, 0.25) is 5.91 Å². The van der Waals surface area contributed by atoms with Crippen molar-refractivity contribution in [3.8, 4) is 11.3 Å². The Balaban J connectivity index is 1.71. The molecule has 0 radical (unpaired) electrons. The van der Waals surface area contributed by atoms with Crippen LogP contribution in [0.2, 0.25) is 0 Å². The van der Waals surface area contributed by atoms with E-state index in [0.29, 0.717) is 6.54 Å². The first-order chi connectivity index (χ1) is 11.6. The van der Waals surface area contributed by atoms with E-state index in [0.717, 1.165) is 33.1 Å². The van der Waals surface area contributed by atoms with Gasteiger partial charge in [0.25, 0.3) is 0 Å². The van der Waals surface area contributed by atoms with Crippen LogP contribution in [0.25, 0.3) is 11.3 Å². The number of carbonyl (C=O) groups is 1. The van der Waals surface area contributed by atoms with E-state index in [9.17, 15) is 4.79 Å². The van der Waals surface area contributed by atoms with Crippen LogP contribution >= 0.6 is 11.3 Å². The van der Waals surface area contributed by atoms with Gasteiger partial charge < -0.3 is 11.1 Å². The summed E-state index contributed by atoms with van der Waals surface area (Å²) in [6, 6.07) is 9.17. The maximum absolute atomic E-state index is 12.4. The van der Waals surface area contributed by atoms with E-state index in [-0.39, 0.29) is 5.91 Å². The fourth-order valence-electron chi connectivity index (χ4n) is 2.65. The molecule has 6 nitrogen and oxygen atoms in total. The van der Waals surface area contributed by atoms with Gasteiger partial charge in [-0.1, -0.05) is 30.3 Å². The molecule has 3 rings (SSSR count). The minimum Gasteiger partial charge on any atom is -0.349 e. The van der Waals surface area contributed by atoms with Gasteiger partial charge in [-0.15, -0.1) is 11.3 Å². The van der Waals surface area contributed by atoms with Gasteiger partial charge in [0.1, 0.15) is 6.04 Å². The fourth-order valence-corrected chi connectivity index (χ4v) is 3.38. The highest BCUT2D eigenvalue weighted by Gasteiger charge is 2.22. The minimum atomic E-state index is -0.739. The molecule has 0 fully saturated rings. The third-order valence-electron chi connectivity index (χ3n) is 3.89. The zero-order valence-corrected chi connectivity index (χ0v) is 14.4. The first-order valence-electron chi connectivity index (χ1n) is 7.60. The molecule has 2 aromatic heterocycles. The number of rotatable bonds is 5. The largest absolute Gasteiger partial charge is 0.349 e. The Bertz CT molecular complexity index is 820. The lowest BCUT2D eigenvalue weighted by atomic mass is 10.1. The number of aromatic nitrogens is 3.